The molecule has 2 rings (SSSR count). The van der Waals surface area contributed by atoms with Gasteiger partial charge in [0.25, 0.3) is 0 Å². The first-order chi connectivity index (χ1) is 8.97. The first-order valence-electron chi connectivity index (χ1n) is 5.54. The largest absolute Gasteiger partial charge is 0.388 e. The number of aliphatic hydroxyl groups excluding tert-OH is 1. The highest BCUT2D eigenvalue weighted by Crippen LogP contribution is 2.27. The van der Waals surface area contributed by atoms with Gasteiger partial charge >= 0.3 is 0 Å². The normalized spacial score (nSPS) is 12.5. The summed E-state index contributed by atoms with van der Waals surface area (Å²) in [5, 5.41) is 10.3. The van der Waals surface area contributed by atoms with Crippen molar-refractivity contribution in [1.82, 2.24) is 0 Å². The Morgan fingerprint density at radius 1 is 1.16 bits per heavy atom. The second-order valence-electron chi connectivity index (χ2n) is 4.13. The van der Waals surface area contributed by atoms with Crippen LogP contribution in [0, 0.1) is 11.6 Å². The highest BCUT2D eigenvalue weighted by molar-refractivity contribution is 9.10. The Kier molecular flexibility index (Phi) is 4.55. The van der Waals surface area contributed by atoms with E-state index in [0.29, 0.717) is 10.0 Å². The Hall–Kier alpha value is -0.970. The molecule has 0 aliphatic rings. The quantitative estimate of drug-likeness (QED) is 0.856. The van der Waals surface area contributed by atoms with E-state index in [2.05, 4.69) is 15.9 Å². The van der Waals surface area contributed by atoms with Crippen LogP contribution in [0.1, 0.15) is 17.2 Å². The Labute approximate surface area is 123 Å². The van der Waals surface area contributed by atoms with Crippen molar-refractivity contribution in [3.8, 4) is 0 Å². The molecule has 1 N–H and O–H groups in total. The van der Waals surface area contributed by atoms with E-state index >= 15 is 0 Å². The third-order valence-electron chi connectivity index (χ3n) is 2.73. The summed E-state index contributed by atoms with van der Waals surface area (Å²) in [6, 6.07) is 8.34. The van der Waals surface area contributed by atoms with Gasteiger partial charge in [-0.25, -0.2) is 8.78 Å². The van der Waals surface area contributed by atoms with Crippen LogP contribution in [0.15, 0.2) is 40.9 Å². The van der Waals surface area contributed by atoms with Crippen molar-refractivity contribution in [3.05, 3.63) is 68.7 Å². The fourth-order valence-electron chi connectivity index (χ4n) is 1.77. The van der Waals surface area contributed by atoms with Crippen LogP contribution in [-0.4, -0.2) is 5.11 Å². The van der Waals surface area contributed by atoms with Crippen LogP contribution in [0.25, 0.3) is 0 Å². The van der Waals surface area contributed by atoms with Crippen LogP contribution in [0.5, 0.6) is 0 Å². The lowest BCUT2D eigenvalue weighted by Gasteiger charge is -2.13. The second kappa shape index (κ2) is 5.99. The van der Waals surface area contributed by atoms with E-state index in [4.69, 9.17) is 11.6 Å². The molecule has 0 aromatic heterocycles. The summed E-state index contributed by atoms with van der Waals surface area (Å²) in [4.78, 5) is 0. The minimum atomic E-state index is -0.870. The molecular weight excluding hydrogens is 338 g/mol. The lowest BCUT2D eigenvalue weighted by atomic mass is 10.0. The molecule has 2 aromatic rings. The molecular formula is C14H10BrClF2O. The highest BCUT2D eigenvalue weighted by atomic mass is 79.9. The van der Waals surface area contributed by atoms with Gasteiger partial charge in [0, 0.05) is 11.4 Å². The molecule has 1 nitrogen and oxygen atoms in total. The van der Waals surface area contributed by atoms with Gasteiger partial charge in [-0.1, -0.05) is 23.7 Å². The fourth-order valence-corrected chi connectivity index (χ4v) is 2.49. The van der Waals surface area contributed by atoms with Crippen LogP contribution in [0.4, 0.5) is 8.78 Å². The van der Waals surface area contributed by atoms with E-state index in [9.17, 15) is 13.9 Å². The van der Waals surface area contributed by atoms with Crippen LogP contribution >= 0.6 is 27.5 Å². The molecule has 0 radical (unpaired) electrons. The minimum absolute atomic E-state index is 0.175. The molecule has 0 saturated heterocycles. The Morgan fingerprint density at radius 2 is 1.89 bits per heavy atom. The molecule has 0 aliphatic carbocycles. The average Bonchev–Trinajstić information content (AvgIpc) is 2.33. The minimum Gasteiger partial charge on any atom is -0.388 e. The van der Waals surface area contributed by atoms with Crippen molar-refractivity contribution < 1.29 is 13.9 Å². The lowest BCUT2D eigenvalue weighted by Crippen LogP contribution is -2.03. The Bertz CT molecular complexity index is 604. The molecule has 0 fully saturated rings. The van der Waals surface area contributed by atoms with Gasteiger partial charge in [0.1, 0.15) is 11.6 Å². The van der Waals surface area contributed by atoms with Crippen LogP contribution in [0.2, 0.25) is 5.02 Å². The summed E-state index contributed by atoms with van der Waals surface area (Å²) < 4.78 is 26.4. The first kappa shape index (κ1) is 14.4. The summed E-state index contributed by atoms with van der Waals surface area (Å²) >= 11 is 8.96. The van der Waals surface area contributed by atoms with Crippen molar-refractivity contribution in [2.45, 2.75) is 12.5 Å². The average molecular weight is 348 g/mol. The molecule has 0 aliphatic heterocycles. The van der Waals surface area contributed by atoms with Crippen molar-refractivity contribution in [3.63, 3.8) is 0 Å². The van der Waals surface area contributed by atoms with Crippen molar-refractivity contribution in [2.75, 3.05) is 0 Å². The van der Waals surface area contributed by atoms with E-state index in [1.165, 1.54) is 18.2 Å². The summed E-state index contributed by atoms with van der Waals surface area (Å²) in [6.45, 7) is 0. The molecule has 0 bridgehead atoms. The zero-order valence-corrected chi connectivity index (χ0v) is 12.0. The van der Waals surface area contributed by atoms with Crippen molar-refractivity contribution in [2.24, 2.45) is 0 Å². The maximum Gasteiger partial charge on any atom is 0.137 e. The fraction of sp³-hybridized carbons (Fsp3) is 0.143. The van der Waals surface area contributed by atoms with E-state index in [0.717, 1.165) is 11.6 Å². The highest BCUT2D eigenvalue weighted by Gasteiger charge is 2.13. The molecule has 5 heteroatoms. The van der Waals surface area contributed by atoms with Gasteiger partial charge in [0.15, 0.2) is 0 Å². The number of aliphatic hydroxyl groups is 1. The zero-order valence-electron chi connectivity index (χ0n) is 9.71. The maximum atomic E-state index is 13.1. The van der Waals surface area contributed by atoms with Gasteiger partial charge < -0.3 is 5.11 Å². The predicted octanol–water partition coefficient (Wildman–Crippen LogP) is 4.66. The summed E-state index contributed by atoms with van der Waals surface area (Å²) in [5.41, 5.74) is 1.20. The SMILES string of the molecule is OC(Cc1ccc(F)c(Br)c1)c1ccc(F)cc1Cl. The molecule has 0 saturated carbocycles. The molecule has 100 valence electrons. The molecule has 19 heavy (non-hydrogen) atoms. The molecule has 0 heterocycles. The summed E-state index contributed by atoms with van der Waals surface area (Å²) in [5.74, 6) is -0.816. The van der Waals surface area contributed by atoms with Crippen LogP contribution in [0.3, 0.4) is 0 Å². The number of benzene rings is 2. The van der Waals surface area contributed by atoms with Gasteiger partial charge in [-0.3, -0.25) is 0 Å². The van der Waals surface area contributed by atoms with Crippen LogP contribution in [-0.2, 0) is 6.42 Å². The standard InChI is InChI=1S/C14H10BrClF2O/c15-11-5-8(1-4-13(11)18)6-14(19)10-3-2-9(17)7-12(10)16/h1-5,7,14,19H,6H2. The molecule has 0 spiro atoms. The van der Waals surface area contributed by atoms with E-state index < -0.39 is 11.9 Å². The number of hydrogen-bond acceptors (Lipinski definition) is 1. The van der Waals surface area contributed by atoms with Gasteiger partial charge in [-0.05, 0) is 51.3 Å². The van der Waals surface area contributed by atoms with E-state index in [1.54, 1.807) is 12.1 Å². The molecule has 2 aromatic carbocycles. The van der Waals surface area contributed by atoms with Gasteiger partial charge in [-0.15, -0.1) is 0 Å². The Morgan fingerprint density at radius 3 is 2.53 bits per heavy atom. The third-order valence-corrected chi connectivity index (χ3v) is 3.67. The first-order valence-corrected chi connectivity index (χ1v) is 6.71. The monoisotopic (exact) mass is 346 g/mol. The predicted molar refractivity (Wildman–Crippen MR) is 74.2 cm³/mol. The number of hydrogen-bond donors (Lipinski definition) is 1. The number of rotatable bonds is 3. The van der Waals surface area contributed by atoms with Crippen molar-refractivity contribution >= 4 is 27.5 Å². The second-order valence-corrected chi connectivity index (χ2v) is 5.40. The third kappa shape index (κ3) is 3.53. The van der Waals surface area contributed by atoms with Crippen LogP contribution < -0.4 is 0 Å². The van der Waals surface area contributed by atoms with Gasteiger partial charge in [0.2, 0.25) is 0 Å². The topological polar surface area (TPSA) is 20.2 Å². The maximum absolute atomic E-state index is 13.1. The zero-order chi connectivity index (χ0) is 14.0. The smallest absolute Gasteiger partial charge is 0.137 e. The van der Waals surface area contributed by atoms with E-state index in [1.807, 2.05) is 0 Å². The molecule has 0 amide bonds. The van der Waals surface area contributed by atoms with Crippen molar-refractivity contribution in [1.29, 1.82) is 0 Å². The van der Waals surface area contributed by atoms with Gasteiger partial charge in [0.05, 0.1) is 10.6 Å². The molecule has 1 unspecified atom stereocenters. The summed E-state index contributed by atoms with van der Waals surface area (Å²) in [7, 11) is 0. The Balaban J connectivity index is 2.20. The van der Waals surface area contributed by atoms with Gasteiger partial charge in [-0.2, -0.15) is 0 Å². The lowest BCUT2D eigenvalue weighted by molar-refractivity contribution is 0.178. The summed E-state index contributed by atoms with van der Waals surface area (Å²) in [6.07, 6.45) is -0.602. The van der Waals surface area contributed by atoms with E-state index in [-0.39, 0.29) is 17.3 Å². The molecule has 1 atom stereocenters. The number of halogens is 4.